The number of H-pyrrole nitrogens is 1. The molecule has 0 aliphatic carbocycles. The normalized spacial score (nSPS) is 11.0. The molecule has 1 heterocycles. The molecule has 4 nitrogen and oxygen atoms in total. The van der Waals surface area contributed by atoms with E-state index < -0.39 is 36.3 Å². The molecule has 1 aromatic heterocycles. The van der Waals surface area contributed by atoms with Crippen molar-refractivity contribution in [2.24, 2.45) is 0 Å². The van der Waals surface area contributed by atoms with Crippen LogP contribution in [0.5, 0.6) is 5.75 Å². The second kappa shape index (κ2) is 4.86. The molecule has 0 aliphatic heterocycles. The number of pyridine rings is 1. The van der Waals surface area contributed by atoms with Gasteiger partial charge in [-0.3, -0.25) is 4.79 Å². The van der Waals surface area contributed by atoms with E-state index >= 15 is 0 Å². The van der Waals surface area contributed by atoms with Crippen molar-refractivity contribution in [3.63, 3.8) is 0 Å². The number of ether oxygens (including phenoxy) is 1. The summed E-state index contributed by atoms with van der Waals surface area (Å²) in [6, 6.07) is 2.24. The first-order chi connectivity index (χ1) is 7.87. The van der Waals surface area contributed by atoms with Crippen molar-refractivity contribution in [1.82, 2.24) is 4.98 Å². The molecule has 8 heteroatoms. The van der Waals surface area contributed by atoms with E-state index in [2.05, 4.69) is 4.74 Å². The second-order valence-electron chi connectivity index (χ2n) is 2.98. The van der Waals surface area contributed by atoms with Gasteiger partial charge in [-0.25, -0.2) is 4.39 Å². The van der Waals surface area contributed by atoms with Crippen LogP contribution in [-0.2, 0) is 13.1 Å². The summed E-state index contributed by atoms with van der Waals surface area (Å²) < 4.78 is 51.9. The Morgan fingerprint density at radius 1 is 1.47 bits per heavy atom. The number of aromatic amines is 1. The number of alkyl halides is 4. The summed E-state index contributed by atoms with van der Waals surface area (Å²) >= 11 is 0. The average Bonchev–Trinajstić information content (AvgIpc) is 2.20. The summed E-state index contributed by atoms with van der Waals surface area (Å²) in [6.45, 7) is -1.14. The molecule has 1 rings (SSSR count). The minimum atomic E-state index is -5.01. The number of hydrogen-bond donors (Lipinski definition) is 1. The third-order valence-corrected chi connectivity index (χ3v) is 1.78. The van der Waals surface area contributed by atoms with Crippen LogP contribution < -0.4 is 10.3 Å². The van der Waals surface area contributed by atoms with Gasteiger partial charge in [0.25, 0.3) is 5.56 Å². The molecule has 0 spiro atoms. The van der Waals surface area contributed by atoms with Crippen LogP contribution in [0.2, 0.25) is 0 Å². The van der Waals surface area contributed by atoms with Crippen LogP contribution in [-0.4, -0.2) is 11.3 Å². The molecule has 0 amide bonds. The van der Waals surface area contributed by atoms with E-state index in [-0.39, 0.29) is 5.69 Å². The summed E-state index contributed by atoms with van der Waals surface area (Å²) in [5.74, 6) is -0.851. The Kier molecular flexibility index (Phi) is 3.73. The van der Waals surface area contributed by atoms with Gasteiger partial charge in [0, 0.05) is 6.07 Å². The number of nitriles is 1. The van der Waals surface area contributed by atoms with Crippen LogP contribution in [0.15, 0.2) is 10.9 Å². The Bertz CT molecular complexity index is 501. The molecule has 0 aromatic carbocycles. The Balaban J connectivity index is 3.28. The number of nitrogens with zero attached hydrogens (tertiary/aromatic N) is 1. The molecular formula is C9H6F4N2O2. The Morgan fingerprint density at radius 2 is 2.12 bits per heavy atom. The van der Waals surface area contributed by atoms with Gasteiger partial charge in [0.1, 0.15) is 12.4 Å². The van der Waals surface area contributed by atoms with Gasteiger partial charge < -0.3 is 9.72 Å². The van der Waals surface area contributed by atoms with Gasteiger partial charge in [-0.15, -0.1) is 13.2 Å². The van der Waals surface area contributed by atoms with Crippen molar-refractivity contribution in [1.29, 1.82) is 5.26 Å². The molecule has 0 bridgehead atoms. The summed E-state index contributed by atoms with van der Waals surface area (Å²) in [4.78, 5) is 13.3. The van der Waals surface area contributed by atoms with Gasteiger partial charge in [-0.05, 0) is 0 Å². The third-order valence-electron chi connectivity index (χ3n) is 1.78. The van der Waals surface area contributed by atoms with Crippen molar-refractivity contribution in [2.45, 2.75) is 19.5 Å². The molecule has 17 heavy (non-hydrogen) atoms. The van der Waals surface area contributed by atoms with E-state index in [4.69, 9.17) is 5.26 Å². The summed E-state index contributed by atoms with van der Waals surface area (Å²) in [5.41, 5.74) is -1.81. The lowest BCUT2D eigenvalue weighted by Crippen LogP contribution is -2.22. The first-order valence-electron chi connectivity index (χ1n) is 4.31. The lowest BCUT2D eigenvalue weighted by Gasteiger charge is -2.12. The molecule has 1 aromatic rings. The molecular weight excluding hydrogens is 244 g/mol. The van der Waals surface area contributed by atoms with Crippen LogP contribution in [0.3, 0.4) is 0 Å². The van der Waals surface area contributed by atoms with Crippen LogP contribution in [0.25, 0.3) is 0 Å². The third kappa shape index (κ3) is 3.48. The Morgan fingerprint density at radius 3 is 2.59 bits per heavy atom. The highest BCUT2D eigenvalue weighted by Crippen LogP contribution is 2.25. The fourth-order valence-electron chi connectivity index (χ4n) is 1.15. The molecule has 0 fully saturated rings. The van der Waals surface area contributed by atoms with E-state index in [1.165, 1.54) is 6.07 Å². The zero-order valence-electron chi connectivity index (χ0n) is 8.27. The van der Waals surface area contributed by atoms with Crippen molar-refractivity contribution in [3.05, 3.63) is 27.7 Å². The van der Waals surface area contributed by atoms with E-state index in [1.807, 2.05) is 4.98 Å². The number of halogens is 4. The number of nitrogens with one attached hydrogen (secondary N) is 1. The van der Waals surface area contributed by atoms with E-state index in [9.17, 15) is 22.4 Å². The fourth-order valence-corrected chi connectivity index (χ4v) is 1.15. The van der Waals surface area contributed by atoms with Gasteiger partial charge in [0.2, 0.25) is 0 Å². The molecule has 0 aliphatic rings. The zero-order chi connectivity index (χ0) is 13.1. The molecule has 0 radical (unpaired) electrons. The number of rotatable bonds is 3. The van der Waals surface area contributed by atoms with Crippen LogP contribution in [0.4, 0.5) is 17.6 Å². The monoisotopic (exact) mass is 250 g/mol. The minimum Gasteiger partial charge on any atom is -0.405 e. The van der Waals surface area contributed by atoms with Crippen molar-refractivity contribution < 1.29 is 22.3 Å². The molecule has 0 atom stereocenters. The van der Waals surface area contributed by atoms with Crippen molar-refractivity contribution in [3.8, 4) is 11.8 Å². The van der Waals surface area contributed by atoms with Gasteiger partial charge in [0.15, 0.2) is 0 Å². The fraction of sp³-hybridized carbons (Fsp3) is 0.333. The summed E-state index contributed by atoms with van der Waals surface area (Å²) in [6.07, 6.45) is -5.57. The number of hydrogen-bond acceptors (Lipinski definition) is 3. The second-order valence-corrected chi connectivity index (χ2v) is 2.98. The summed E-state index contributed by atoms with van der Waals surface area (Å²) in [5, 5.41) is 8.38. The van der Waals surface area contributed by atoms with Crippen LogP contribution >= 0.6 is 0 Å². The first kappa shape index (κ1) is 13.0. The number of aromatic nitrogens is 1. The molecule has 0 unspecified atom stereocenters. The lowest BCUT2D eigenvalue weighted by molar-refractivity contribution is -0.274. The molecule has 0 saturated carbocycles. The summed E-state index contributed by atoms with van der Waals surface area (Å²) in [7, 11) is 0. The highest BCUT2D eigenvalue weighted by molar-refractivity contribution is 5.35. The first-order valence-corrected chi connectivity index (χ1v) is 4.31. The van der Waals surface area contributed by atoms with Gasteiger partial charge >= 0.3 is 6.36 Å². The van der Waals surface area contributed by atoms with E-state index in [1.54, 1.807) is 0 Å². The van der Waals surface area contributed by atoms with Crippen LogP contribution in [0, 0.1) is 11.3 Å². The highest BCUT2D eigenvalue weighted by atomic mass is 19.4. The minimum absolute atomic E-state index is 0.351. The molecule has 1 N–H and O–H groups in total. The lowest BCUT2D eigenvalue weighted by atomic mass is 10.2. The molecule has 0 saturated heterocycles. The topological polar surface area (TPSA) is 65.9 Å². The Labute approximate surface area is 92.4 Å². The smallest absolute Gasteiger partial charge is 0.405 e. The standard InChI is InChI=1S/C9H6F4N2O2/c10-4-5-3-7(17-9(11,12)13)6(1-2-14)8(16)15-5/h3H,1,4H2,(H,15,16). The van der Waals surface area contributed by atoms with Gasteiger partial charge in [0.05, 0.1) is 23.7 Å². The average molecular weight is 250 g/mol. The highest BCUT2D eigenvalue weighted by Gasteiger charge is 2.32. The van der Waals surface area contributed by atoms with Crippen molar-refractivity contribution in [2.75, 3.05) is 0 Å². The van der Waals surface area contributed by atoms with E-state index in [0.29, 0.717) is 6.07 Å². The van der Waals surface area contributed by atoms with Crippen molar-refractivity contribution >= 4 is 0 Å². The molecule has 92 valence electrons. The van der Waals surface area contributed by atoms with E-state index in [0.717, 1.165) is 0 Å². The maximum atomic E-state index is 12.3. The zero-order valence-corrected chi connectivity index (χ0v) is 8.27. The predicted octanol–water partition coefficient (Wildman–Crippen LogP) is 1.81. The predicted molar refractivity (Wildman–Crippen MR) is 47.9 cm³/mol. The maximum absolute atomic E-state index is 12.3. The SMILES string of the molecule is N#CCc1c(OC(F)(F)F)cc(CF)[nH]c1=O. The van der Waals surface area contributed by atoms with Gasteiger partial charge in [-0.1, -0.05) is 0 Å². The largest absolute Gasteiger partial charge is 0.573 e. The van der Waals surface area contributed by atoms with Gasteiger partial charge in [-0.2, -0.15) is 5.26 Å². The Hall–Kier alpha value is -2.04. The maximum Gasteiger partial charge on any atom is 0.573 e. The van der Waals surface area contributed by atoms with Crippen LogP contribution in [0.1, 0.15) is 11.3 Å². The quantitative estimate of drug-likeness (QED) is 0.832.